The van der Waals surface area contributed by atoms with Gasteiger partial charge < -0.3 is 19.7 Å². The lowest BCUT2D eigenvalue weighted by atomic mass is 10.1. The summed E-state index contributed by atoms with van der Waals surface area (Å²) in [4.78, 5) is 27.5. The van der Waals surface area contributed by atoms with Gasteiger partial charge in [0.25, 0.3) is 0 Å². The number of carbonyl (C=O) groups is 2. The van der Waals surface area contributed by atoms with Crippen molar-refractivity contribution in [2.75, 3.05) is 37.4 Å². The van der Waals surface area contributed by atoms with Crippen molar-refractivity contribution in [3.05, 3.63) is 52.0 Å². The van der Waals surface area contributed by atoms with Gasteiger partial charge >= 0.3 is 0 Å². The Bertz CT molecular complexity index is 1210. The smallest absolute Gasteiger partial charge is 0.244 e. The summed E-state index contributed by atoms with van der Waals surface area (Å²) in [5.41, 5.74) is 0.882. The molecule has 0 fully saturated rings. The van der Waals surface area contributed by atoms with Gasteiger partial charge in [0, 0.05) is 19.7 Å². The third-order valence-corrected chi connectivity index (χ3v) is 7.34. The molecule has 1 heterocycles. The second kappa shape index (κ2) is 11.4. The van der Waals surface area contributed by atoms with E-state index in [2.05, 4.69) is 5.32 Å². The number of anilines is 1. The van der Waals surface area contributed by atoms with Crippen LogP contribution in [0.3, 0.4) is 0 Å². The maximum absolute atomic E-state index is 13.6. The number of carbonyl (C=O) groups excluding carboxylic acids is 2. The van der Waals surface area contributed by atoms with Gasteiger partial charge in [-0.3, -0.25) is 13.9 Å². The first-order valence-corrected chi connectivity index (χ1v) is 13.5. The molecule has 0 aromatic heterocycles. The molecule has 0 saturated carbocycles. The van der Waals surface area contributed by atoms with Crippen LogP contribution < -0.4 is 19.1 Å². The van der Waals surface area contributed by atoms with E-state index in [1.165, 1.54) is 18.0 Å². The first-order chi connectivity index (χ1) is 16.5. The van der Waals surface area contributed by atoms with Crippen molar-refractivity contribution in [2.45, 2.75) is 25.9 Å². The zero-order chi connectivity index (χ0) is 25.8. The van der Waals surface area contributed by atoms with Crippen LogP contribution in [0.5, 0.6) is 11.5 Å². The van der Waals surface area contributed by atoms with Crippen LogP contribution in [-0.2, 0) is 26.2 Å². The largest absolute Gasteiger partial charge is 0.486 e. The van der Waals surface area contributed by atoms with Crippen molar-refractivity contribution >= 4 is 50.7 Å². The van der Waals surface area contributed by atoms with Gasteiger partial charge in [-0.15, -0.1) is 0 Å². The number of likely N-dealkylation sites (N-methyl/N-ethyl adjacent to an activating group) is 1. The number of amides is 2. The maximum Gasteiger partial charge on any atom is 0.244 e. The maximum atomic E-state index is 13.6. The van der Waals surface area contributed by atoms with Gasteiger partial charge in [0.05, 0.1) is 22.0 Å². The van der Waals surface area contributed by atoms with Gasteiger partial charge in [-0.2, -0.15) is 0 Å². The predicted octanol–water partition coefficient (Wildman–Crippen LogP) is 3.08. The fourth-order valence-electron chi connectivity index (χ4n) is 3.72. The van der Waals surface area contributed by atoms with Crippen molar-refractivity contribution in [1.29, 1.82) is 0 Å². The molecule has 1 aliphatic heterocycles. The first kappa shape index (κ1) is 26.9. The molecule has 1 N–H and O–H groups in total. The standard InChI is InChI=1S/C23H27Cl2N3O6S/c1-4-19(23(30)26-2)27(13-15-5-7-17(24)18(25)11-15)22(29)14-28(35(3,31)32)16-6-8-20-21(12-16)34-10-9-33-20/h5-8,11-12,19H,4,9-10,13-14H2,1-3H3,(H,26,30). The number of nitrogens with one attached hydrogen (secondary N) is 1. The lowest BCUT2D eigenvalue weighted by Gasteiger charge is -2.32. The molecule has 1 aliphatic rings. The highest BCUT2D eigenvalue weighted by Crippen LogP contribution is 2.35. The summed E-state index contributed by atoms with van der Waals surface area (Å²) >= 11 is 12.1. The monoisotopic (exact) mass is 543 g/mol. The van der Waals surface area contributed by atoms with E-state index in [1.54, 1.807) is 37.3 Å². The number of ether oxygens (including phenoxy) is 2. The number of nitrogens with zero attached hydrogens (tertiary/aromatic N) is 2. The van der Waals surface area contributed by atoms with Gasteiger partial charge in [-0.25, -0.2) is 8.42 Å². The Morgan fingerprint density at radius 1 is 1.06 bits per heavy atom. The minimum Gasteiger partial charge on any atom is -0.486 e. The topological polar surface area (TPSA) is 105 Å². The normalized spacial score (nSPS) is 13.6. The molecule has 0 radical (unpaired) electrons. The highest BCUT2D eigenvalue weighted by atomic mass is 35.5. The van der Waals surface area contributed by atoms with E-state index in [-0.39, 0.29) is 18.1 Å². The molecule has 2 amide bonds. The third-order valence-electron chi connectivity index (χ3n) is 5.46. The Morgan fingerprint density at radius 3 is 2.34 bits per heavy atom. The number of halogens is 2. The van der Waals surface area contributed by atoms with Crippen LogP contribution >= 0.6 is 23.2 Å². The van der Waals surface area contributed by atoms with E-state index in [9.17, 15) is 18.0 Å². The van der Waals surface area contributed by atoms with Crippen LogP contribution in [0.1, 0.15) is 18.9 Å². The van der Waals surface area contributed by atoms with Gasteiger partial charge in [-0.1, -0.05) is 36.2 Å². The summed E-state index contributed by atoms with van der Waals surface area (Å²) < 4.78 is 37.4. The van der Waals surface area contributed by atoms with E-state index in [0.29, 0.717) is 46.7 Å². The first-order valence-electron chi connectivity index (χ1n) is 10.9. The SMILES string of the molecule is CCC(C(=O)NC)N(Cc1ccc(Cl)c(Cl)c1)C(=O)CN(c1ccc2c(c1)OCCO2)S(C)(=O)=O. The van der Waals surface area contributed by atoms with E-state index >= 15 is 0 Å². The van der Waals surface area contributed by atoms with Crippen LogP contribution in [0.25, 0.3) is 0 Å². The van der Waals surface area contributed by atoms with Gasteiger partial charge in [0.1, 0.15) is 25.8 Å². The predicted molar refractivity (Wildman–Crippen MR) is 135 cm³/mol. The van der Waals surface area contributed by atoms with Gasteiger partial charge in [0.15, 0.2) is 11.5 Å². The molecule has 190 valence electrons. The highest BCUT2D eigenvalue weighted by molar-refractivity contribution is 7.92. The molecular weight excluding hydrogens is 517 g/mol. The van der Waals surface area contributed by atoms with E-state index in [1.807, 2.05) is 0 Å². The summed E-state index contributed by atoms with van der Waals surface area (Å²) in [7, 11) is -2.39. The number of sulfonamides is 1. The molecule has 0 spiro atoms. The summed E-state index contributed by atoms with van der Waals surface area (Å²) in [6.45, 7) is 2.00. The quantitative estimate of drug-likeness (QED) is 0.521. The summed E-state index contributed by atoms with van der Waals surface area (Å²) in [5, 5.41) is 3.22. The Balaban J connectivity index is 1.96. The van der Waals surface area contributed by atoms with Crippen LogP contribution in [0.4, 0.5) is 5.69 Å². The molecule has 12 heteroatoms. The van der Waals surface area contributed by atoms with Crippen molar-refractivity contribution in [2.24, 2.45) is 0 Å². The Morgan fingerprint density at radius 2 is 1.74 bits per heavy atom. The van der Waals surface area contributed by atoms with E-state index in [4.69, 9.17) is 32.7 Å². The number of hydrogen-bond donors (Lipinski definition) is 1. The highest BCUT2D eigenvalue weighted by Gasteiger charge is 2.32. The van der Waals surface area contributed by atoms with Crippen molar-refractivity contribution in [3.8, 4) is 11.5 Å². The average Bonchev–Trinajstić information content (AvgIpc) is 2.83. The number of rotatable bonds is 9. The lowest BCUT2D eigenvalue weighted by molar-refractivity contribution is -0.140. The van der Waals surface area contributed by atoms with Crippen molar-refractivity contribution in [1.82, 2.24) is 10.2 Å². The fourth-order valence-corrected chi connectivity index (χ4v) is 4.88. The second-order valence-electron chi connectivity index (χ2n) is 7.91. The molecule has 3 rings (SSSR count). The minimum atomic E-state index is -3.87. The molecule has 0 saturated heterocycles. The number of hydrogen-bond acceptors (Lipinski definition) is 6. The zero-order valence-corrected chi connectivity index (χ0v) is 21.9. The number of benzene rings is 2. The van der Waals surface area contributed by atoms with E-state index in [0.717, 1.165) is 10.6 Å². The molecule has 0 bridgehead atoms. The number of fused-ring (bicyclic) bond motifs is 1. The molecule has 9 nitrogen and oxygen atoms in total. The van der Waals surface area contributed by atoms with Crippen LogP contribution in [0.15, 0.2) is 36.4 Å². The van der Waals surface area contributed by atoms with Gasteiger partial charge in [0.2, 0.25) is 21.8 Å². The summed E-state index contributed by atoms with van der Waals surface area (Å²) in [5.74, 6) is -0.0519. The van der Waals surface area contributed by atoms with Gasteiger partial charge in [-0.05, 0) is 36.2 Å². The molecule has 0 aliphatic carbocycles. The van der Waals surface area contributed by atoms with Crippen LogP contribution in [0.2, 0.25) is 10.0 Å². The Hall–Kier alpha value is -2.69. The molecule has 35 heavy (non-hydrogen) atoms. The Labute approximate surface area is 214 Å². The summed E-state index contributed by atoms with van der Waals surface area (Å²) in [6, 6.07) is 8.73. The minimum absolute atomic E-state index is 0.0282. The second-order valence-corrected chi connectivity index (χ2v) is 10.6. The Kier molecular flexibility index (Phi) is 8.74. The molecule has 1 unspecified atom stereocenters. The average molecular weight is 544 g/mol. The lowest BCUT2D eigenvalue weighted by Crippen LogP contribution is -2.51. The van der Waals surface area contributed by atoms with Crippen molar-refractivity contribution in [3.63, 3.8) is 0 Å². The van der Waals surface area contributed by atoms with Crippen LogP contribution in [-0.4, -0.2) is 64.2 Å². The molecule has 2 aromatic rings. The zero-order valence-electron chi connectivity index (χ0n) is 19.6. The fraction of sp³-hybridized carbons (Fsp3) is 0.391. The summed E-state index contributed by atoms with van der Waals surface area (Å²) in [6.07, 6.45) is 1.33. The van der Waals surface area contributed by atoms with E-state index < -0.39 is 28.5 Å². The van der Waals surface area contributed by atoms with Crippen molar-refractivity contribution < 1.29 is 27.5 Å². The molecule has 2 aromatic carbocycles. The molecule has 1 atom stereocenters. The third kappa shape index (κ3) is 6.50. The van der Waals surface area contributed by atoms with Crippen LogP contribution in [0, 0.1) is 0 Å². The molecular formula is C23H27Cl2N3O6S.